The second-order valence-corrected chi connectivity index (χ2v) is 7.09. The predicted molar refractivity (Wildman–Crippen MR) is 117 cm³/mol. The van der Waals surface area contributed by atoms with E-state index in [-0.39, 0.29) is 22.2 Å². The van der Waals surface area contributed by atoms with Crippen LogP contribution in [0.25, 0.3) is 0 Å². The Morgan fingerprint density at radius 1 is 0.969 bits per heavy atom. The molecule has 0 radical (unpaired) electrons. The maximum atomic E-state index is 12.4. The van der Waals surface area contributed by atoms with Crippen LogP contribution in [0, 0.1) is 34.1 Å². The van der Waals surface area contributed by atoms with Crippen molar-refractivity contribution in [2.24, 2.45) is 0 Å². The van der Waals surface area contributed by atoms with Crippen LogP contribution < -0.4 is 16.2 Å². The summed E-state index contributed by atoms with van der Waals surface area (Å²) in [6.45, 7) is 3.77. The SMILES string of the molecule is Cc1cc(C)cc(Nc2ncnc(NNC(=O)c3ccc(Cl)c([N+](=O)[O-])c3)c2[N+](=O)[O-])c1. The average molecular weight is 458 g/mol. The Morgan fingerprint density at radius 2 is 1.62 bits per heavy atom. The zero-order valence-corrected chi connectivity index (χ0v) is 17.5. The topological polar surface area (TPSA) is 165 Å². The summed E-state index contributed by atoms with van der Waals surface area (Å²) in [6.07, 6.45) is 1.08. The molecule has 32 heavy (non-hydrogen) atoms. The first-order chi connectivity index (χ1) is 15.2. The van der Waals surface area contributed by atoms with Gasteiger partial charge in [-0.05, 0) is 49.2 Å². The number of halogens is 1. The molecule has 0 aliphatic heterocycles. The highest BCUT2D eigenvalue weighted by Gasteiger charge is 2.24. The highest BCUT2D eigenvalue weighted by Crippen LogP contribution is 2.31. The largest absolute Gasteiger partial charge is 0.355 e. The van der Waals surface area contributed by atoms with Crippen molar-refractivity contribution >= 4 is 46.2 Å². The molecule has 0 bridgehead atoms. The molecule has 2 aromatic carbocycles. The van der Waals surface area contributed by atoms with Gasteiger partial charge in [-0.15, -0.1) is 0 Å². The molecule has 0 saturated carbocycles. The van der Waals surface area contributed by atoms with E-state index >= 15 is 0 Å². The molecule has 164 valence electrons. The molecule has 3 rings (SSSR count). The summed E-state index contributed by atoms with van der Waals surface area (Å²) in [7, 11) is 0. The quantitative estimate of drug-likeness (QED) is 0.350. The Hall–Kier alpha value is -4.32. The number of aromatic nitrogens is 2. The van der Waals surface area contributed by atoms with E-state index in [4.69, 9.17) is 11.6 Å². The number of benzene rings is 2. The molecule has 13 heteroatoms. The number of nitro groups is 2. The number of nitrogens with one attached hydrogen (secondary N) is 3. The third-order valence-corrected chi connectivity index (χ3v) is 4.51. The normalized spacial score (nSPS) is 10.3. The Kier molecular flexibility index (Phi) is 6.45. The number of hydrogen-bond donors (Lipinski definition) is 3. The van der Waals surface area contributed by atoms with Crippen LogP contribution in [0.3, 0.4) is 0 Å². The van der Waals surface area contributed by atoms with Gasteiger partial charge in [-0.1, -0.05) is 17.7 Å². The van der Waals surface area contributed by atoms with Crippen LogP contribution in [0.1, 0.15) is 21.5 Å². The Labute approximate surface area is 185 Å². The molecule has 0 unspecified atom stereocenters. The summed E-state index contributed by atoms with van der Waals surface area (Å²) < 4.78 is 0. The van der Waals surface area contributed by atoms with Crippen LogP contribution in [0.4, 0.5) is 28.7 Å². The second-order valence-electron chi connectivity index (χ2n) is 6.68. The fourth-order valence-electron chi connectivity index (χ4n) is 2.90. The van der Waals surface area contributed by atoms with Crippen LogP contribution in [-0.2, 0) is 0 Å². The molecule has 1 aromatic heterocycles. The fourth-order valence-corrected chi connectivity index (χ4v) is 3.09. The van der Waals surface area contributed by atoms with Crippen LogP contribution in [0.15, 0.2) is 42.7 Å². The molecular weight excluding hydrogens is 442 g/mol. The molecular formula is C19H16ClN7O5. The first-order valence-corrected chi connectivity index (χ1v) is 9.38. The number of nitrogens with zero attached hydrogens (tertiary/aromatic N) is 4. The van der Waals surface area contributed by atoms with Gasteiger partial charge in [-0.2, -0.15) is 0 Å². The van der Waals surface area contributed by atoms with Crippen LogP contribution in [0.2, 0.25) is 5.02 Å². The number of hydrogen-bond acceptors (Lipinski definition) is 9. The molecule has 3 aromatic rings. The molecule has 0 aliphatic rings. The number of amides is 1. The highest BCUT2D eigenvalue weighted by atomic mass is 35.5. The molecule has 0 aliphatic carbocycles. The summed E-state index contributed by atoms with van der Waals surface area (Å²) in [5, 5.41) is 25.4. The van der Waals surface area contributed by atoms with Crippen LogP contribution in [-0.4, -0.2) is 25.7 Å². The molecule has 0 fully saturated rings. The minimum Gasteiger partial charge on any atom is -0.334 e. The first kappa shape index (κ1) is 22.4. The van der Waals surface area contributed by atoms with Crippen molar-refractivity contribution in [2.45, 2.75) is 13.8 Å². The summed E-state index contributed by atoms with van der Waals surface area (Å²) in [5.74, 6) is -1.16. The van der Waals surface area contributed by atoms with Gasteiger partial charge >= 0.3 is 5.69 Å². The molecule has 12 nitrogen and oxygen atoms in total. The number of aryl methyl sites for hydroxylation is 2. The van der Waals surface area contributed by atoms with Gasteiger partial charge in [0.15, 0.2) is 0 Å². The van der Waals surface area contributed by atoms with Gasteiger partial charge in [-0.3, -0.25) is 35.9 Å². The summed E-state index contributed by atoms with van der Waals surface area (Å²) >= 11 is 5.74. The Balaban J connectivity index is 1.85. The van der Waals surface area contributed by atoms with Crippen molar-refractivity contribution < 1.29 is 14.6 Å². The maximum absolute atomic E-state index is 12.4. The number of nitro benzene ring substituents is 1. The monoisotopic (exact) mass is 457 g/mol. The van der Waals surface area contributed by atoms with Gasteiger partial charge in [-0.25, -0.2) is 9.97 Å². The molecule has 3 N–H and O–H groups in total. The van der Waals surface area contributed by atoms with E-state index in [1.54, 1.807) is 12.1 Å². The van der Waals surface area contributed by atoms with Crippen molar-refractivity contribution in [1.82, 2.24) is 15.4 Å². The minimum atomic E-state index is -0.790. The molecule has 0 spiro atoms. The minimum absolute atomic E-state index is 0.0844. The average Bonchev–Trinajstić information content (AvgIpc) is 2.71. The third-order valence-electron chi connectivity index (χ3n) is 4.19. The van der Waals surface area contributed by atoms with E-state index in [0.29, 0.717) is 5.69 Å². The first-order valence-electron chi connectivity index (χ1n) is 9.00. The molecule has 1 heterocycles. The smallest absolute Gasteiger partial charge is 0.334 e. The lowest BCUT2D eigenvalue weighted by Crippen LogP contribution is -2.30. The van der Waals surface area contributed by atoms with E-state index in [2.05, 4.69) is 26.1 Å². The number of rotatable bonds is 7. The van der Waals surface area contributed by atoms with Crippen molar-refractivity contribution in [3.63, 3.8) is 0 Å². The number of hydrazine groups is 1. The van der Waals surface area contributed by atoms with Crippen molar-refractivity contribution in [1.29, 1.82) is 0 Å². The van der Waals surface area contributed by atoms with Crippen LogP contribution in [0.5, 0.6) is 0 Å². The standard InChI is InChI=1S/C19H16ClN7O5/c1-10-5-11(2)7-13(6-10)23-17-16(27(31)32)18(22-9-21-17)24-25-19(28)12-3-4-14(20)15(8-12)26(29)30/h3-9H,1-2H3,(H,25,28)(H2,21,22,23,24). The Morgan fingerprint density at radius 3 is 2.25 bits per heavy atom. The third kappa shape index (κ3) is 5.05. The summed E-state index contributed by atoms with van der Waals surface area (Å²) in [4.78, 5) is 41.4. The van der Waals surface area contributed by atoms with E-state index in [9.17, 15) is 25.0 Å². The lowest BCUT2D eigenvalue weighted by atomic mass is 10.1. The van der Waals surface area contributed by atoms with Gasteiger partial charge in [0.2, 0.25) is 11.6 Å². The lowest BCUT2D eigenvalue weighted by Gasteiger charge is -2.12. The van der Waals surface area contributed by atoms with Gasteiger partial charge in [0.25, 0.3) is 11.6 Å². The van der Waals surface area contributed by atoms with Gasteiger partial charge in [0, 0.05) is 17.3 Å². The second kappa shape index (κ2) is 9.22. The van der Waals surface area contributed by atoms with E-state index in [1.807, 2.05) is 19.9 Å². The number of carbonyl (C=O) groups is 1. The van der Waals surface area contributed by atoms with Gasteiger partial charge in [0.05, 0.1) is 9.85 Å². The zero-order valence-electron chi connectivity index (χ0n) is 16.7. The predicted octanol–water partition coefficient (Wildman–Crippen LogP) is 4.06. The van der Waals surface area contributed by atoms with Crippen molar-refractivity contribution in [3.05, 3.63) is 84.7 Å². The number of carbonyl (C=O) groups excluding carboxylic acids is 1. The zero-order chi connectivity index (χ0) is 23.4. The maximum Gasteiger partial charge on any atom is 0.355 e. The molecule has 1 amide bonds. The van der Waals surface area contributed by atoms with E-state index in [0.717, 1.165) is 23.5 Å². The van der Waals surface area contributed by atoms with Crippen LogP contribution >= 0.6 is 11.6 Å². The summed E-state index contributed by atoms with van der Waals surface area (Å²) in [5.41, 5.74) is 6.05. The van der Waals surface area contributed by atoms with Gasteiger partial charge in [0.1, 0.15) is 11.3 Å². The van der Waals surface area contributed by atoms with Crippen molar-refractivity contribution in [2.75, 3.05) is 10.7 Å². The van der Waals surface area contributed by atoms with E-state index in [1.165, 1.54) is 12.1 Å². The highest BCUT2D eigenvalue weighted by molar-refractivity contribution is 6.32. The summed E-state index contributed by atoms with van der Waals surface area (Å²) in [6, 6.07) is 8.99. The van der Waals surface area contributed by atoms with E-state index < -0.39 is 27.1 Å². The fraction of sp³-hybridized carbons (Fsp3) is 0.105. The molecule has 0 saturated heterocycles. The number of anilines is 3. The van der Waals surface area contributed by atoms with Gasteiger partial charge < -0.3 is 5.32 Å². The molecule has 0 atom stereocenters. The Bertz CT molecular complexity index is 1210. The lowest BCUT2D eigenvalue weighted by molar-refractivity contribution is -0.384. The van der Waals surface area contributed by atoms with Crippen molar-refractivity contribution in [3.8, 4) is 0 Å².